The van der Waals surface area contributed by atoms with Crippen LogP contribution >= 0.6 is 11.8 Å². The van der Waals surface area contributed by atoms with Crippen LogP contribution < -0.4 is 0 Å². The second kappa shape index (κ2) is 4.14. The molecular weight excluding hydrogens is 178 g/mol. The molecule has 0 saturated carbocycles. The summed E-state index contributed by atoms with van der Waals surface area (Å²) in [6.07, 6.45) is 9.09. The van der Waals surface area contributed by atoms with Gasteiger partial charge in [-0.1, -0.05) is 19.1 Å². The molecule has 0 fully saturated rings. The van der Waals surface area contributed by atoms with Crippen LogP contribution in [0, 0.1) is 5.92 Å². The lowest BCUT2D eigenvalue weighted by molar-refractivity contribution is 0.690. The molecule has 0 radical (unpaired) electrons. The highest BCUT2D eigenvalue weighted by atomic mass is 32.2. The van der Waals surface area contributed by atoms with Gasteiger partial charge in [-0.3, -0.25) is 4.99 Å². The zero-order valence-corrected chi connectivity index (χ0v) is 8.81. The van der Waals surface area contributed by atoms with Crippen LogP contribution in [0.25, 0.3) is 0 Å². The maximum atomic E-state index is 4.63. The van der Waals surface area contributed by atoms with E-state index in [2.05, 4.69) is 30.1 Å². The van der Waals surface area contributed by atoms with Gasteiger partial charge in [-0.15, -0.1) is 11.8 Å². The van der Waals surface area contributed by atoms with Crippen molar-refractivity contribution in [3.8, 4) is 0 Å². The Morgan fingerprint density at radius 3 is 3.38 bits per heavy atom. The summed E-state index contributed by atoms with van der Waals surface area (Å²) in [5.41, 5.74) is 1.35. The smallest absolute Gasteiger partial charge is 0.0512 e. The van der Waals surface area contributed by atoms with Gasteiger partial charge in [-0.05, 0) is 24.8 Å². The molecule has 0 aromatic carbocycles. The SMILES string of the molecule is CC1CCC=C/C=C2/SCCN=C21. The van der Waals surface area contributed by atoms with Gasteiger partial charge in [0.25, 0.3) is 0 Å². The predicted molar refractivity (Wildman–Crippen MR) is 60.4 cm³/mol. The van der Waals surface area contributed by atoms with Crippen molar-refractivity contribution in [2.45, 2.75) is 19.8 Å². The molecule has 13 heavy (non-hydrogen) atoms. The Morgan fingerprint density at radius 1 is 1.54 bits per heavy atom. The van der Waals surface area contributed by atoms with E-state index in [0.29, 0.717) is 5.92 Å². The second-order valence-electron chi connectivity index (χ2n) is 3.55. The summed E-state index contributed by atoms with van der Waals surface area (Å²) in [4.78, 5) is 6.03. The molecule has 0 saturated heterocycles. The normalized spacial score (nSPS) is 32.2. The number of allylic oxidation sites excluding steroid dienone is 4. The van der Waals surface area contributed by atoms with E-state index >= 15 is 0 Å². The van der Waals surface area contributed by atoms with Crippen molar-refractivity contribution in [1.82, 2.24) is 0 Å². The van der Waals surface area contributed by atoms with Gasteiger partial charge in [0.2, 0.25) is 0 Å². The molecule has 0 bridgehead atoms. The summed E-state index contributed by atoms with van der Waals surface area (Å²) >= 11 is 1.95. The van der Waals surface area contributed by atoms with E-state index in [0.717, 1.165) is 12.3 Å². The Bertz CT molecular complexity index is 276. The molecule has 2 aliphatic rings. The molecular formula is C11H15NS. The standard InChI is InChI=1S/C11H15NS/c1-9-5-3-2-4-6-10-11(9)12-7-8-13-10/h2,4,6,9H,3,5,7-8H2,1H3/b4-2?,10-6+. The van der Waals surface area contributed by atoms with Crippen LogP contribution in [0.1, 0.15) is 19.8 Å². The summed E-state index contributed by atoms with van der Waals surface area (Å²) in [6, 6.07) is 0. The molecule has 0 spiro atoms. The molecule has 1 nitrogen and oxygen atoms in total. The Morgan fingerprint density at radius 2 is 2.46 bits per heavy atom. The lowest BCUT2D eigenvalue weighted by atomic mass is 9.97. The minimum absolute atomic E-state index is 0.643. The third kappa shape index (κ3) is 2.05. The van der Waals surface area contributed by atoms with Crippen LogP contribution in [-0.4, -0.2) is 18.0 Å². The predicted octanol–water partition coefficient (Wildman–Crippen LogP) is 3.04. The third-order valence-corrected chi connectivity index (χ3v) is 3.54. The minimum atomic E-state index is 0.643. The molecule has 1 atom stereocenters. The van der Waals surface area contributed by atoms with E-state index in [9.17, 15) is 0 Å². The molecule has 1 aliphatic heterocycles. The number of rotatable bonds is 0. The summed E-state index contributed by atoms with van der Waals surface area (Å²) in [5.74, 6) is 1.79. The van der Waals surface area contributed by atoms with Crippen molar-refractivity contribution in [1.29, 1.82) is 0 Å². The topological polar surface area (TPSA) is 12.4 Å². The molecule has 0 N–H and O–H groups in total. The first-order valence-electron chi connectivity index (χ1n) is 4.92. The number of nitrogens with zero attached hydrogens (tertiary/aromatic N) is 1. The van der Waals surface area contributed by atoms with Crippen molar-refractivity contribution in [3.63, 3.8) is 0 Å². The van der Waals surface area contributed by atoms with Crippen molar-refractivity contribution < 1.29 is 0 Å². The zero-order chi connectivity index (χ0) is 9.10. The summed E-state index contributed by atoms with van der Waals surface area (Å²) in [5, 5.41) is 0. The largest absolute Gasteiger partial charge is 0.287 e. The Hall–Kier alpha value is -0.500. The Balaban J connectivity index is 2.30. The van der Waals surface area contributed by atoms with Gasteiger partial charge < -0.3 is 0 Å². The molecule has 0 amide bonds. The summed E-state index contributed by atoms with van der Waals surface area (Å²) in [6.45, 7) is 3.29. The third-order valence-electron chi connectivity index (χ3n) is 2.50. The van der Waals surface area contributed by atoms with Crippen molar-refractivity contribution >= 4 is 17.5 Å². The molecule has 2 rings (SSSR count). The van der Waals surface area contributed by atoms with Crippen molar-refractivity contribution in [2.75, 3.05) is 12.3 Å². The van der Waals surface area contributed by atoms with Gasteiger partial charge >= 0.3 is 0 Å². The van der Waals surface area contributed by atoms with Crippen LogP contribution in [0.3, 0.4) is 0 Å². The van der Waals surface area contributed by atoms with E-state index in [-0.39, 0.29) is 0 Å². The quantitative estimate of drug-likeness (QED) is 0.576. The van der Waals surface area contributed by atoms with Gasteiger partial charge in [0.1, 0.15) is 0 Å². The van der Waals surface area contributed by atoms with Crippen molar-refractivity contribution in [3.05, 3.63) is 23.1 Å². The van der Waals surface area contributed by atoms with Gasteiger partial charge in [-0.2, -0.15) is 0 Å². The van der Waals surface area contributed by atoms with Crippen LogP contribution in [0.5, 0.6) is 0 Å². The van der Waals surface area contributed by atoms with E-state index < -0.39 is 0 Å². The first-order valence-corrected chi connectivity index (χ1v) is 5.91. The second-order valence-corrected chi connectivity index (χ2v) is 4.69. The maximum absolute atomic E-state index is 4.63. The average molecular weight is 193 g/mol. The van der Waals surface area contributed by atoms with Crippen molar-refractivity contribution in [2.24, 2.45) is 10.9 Å². The molecule has 1 unspecified atom stereocenters. The maximum Gasteiger partial charge on any atom is 0.0512 e. The number of aliphatic imine (C=N–C) groups is 1. The van der Waals surface area contributed by atoms with E-state index in [1.807, 2.05) is 11.8 Å². The fraction of sp³-hybridized carbons (Fsp3) is 0.545. The minimum Gasteiger partial charge on any atom is -0.287 e. The van der Waals surface area contributed by atoms with Crippen LogP contribution in [-0.2, 0) is 0 Å². The summed E-state index contributed by atoms with van der Waals surface area (Å²) in [7, 11) is 0. The molecule has 1 aliphatic carbocycles. The Labute approximate surface area is 84.0 Å². The molecule has 2 heteroatoms. The highest BCUT2D eigenvalue weighted by Crippen LogP contribution is 2.28. The zero-order valence-electron chi connectivity index (χ0n) is 7.99. The first-order chi connectivity index (χ1) is 6.38. The van der Waals surface area contributed by atoms with E-state index in [1.165, 1.54) is 23.5 Å². The lowest BCUT2D eigenvalue weighted by Gasteiger charge is -2.21. The van der Waals surface area contributed by atoms with Gasteiger partial charge in [0.05, 0.1) is 5.71 Å². The van der Waals surface area contributed by atoms with Gasteiger partial charge in [-0.25, -0.2) is 0 Å². The molecule has 0 aromatic heterocycles. The van der Waals surface area contributed by atoms with Gasteiger partial charge in [0, 0.05) is 17.2 Å². The fourth-order valence-corrected chi connectivity index (χ4v) is 2.73. The van der Waals surface area contributed by atoms with Crippen LogP contribution in [0.4, 0.5) is 0 Å². The number of hydrogen-bond donors (Lipinski definition) is 0. The van der Waals surface area contributed by atoms with E-state index in [4.69, 9.17) is 0 Å². The molecule has 0 aromatic rings. The average Bonchev–Trinajstić information content (AvgIpc) is 2.14. The van der Waals surface area contributed by atoms with Crippen LogP contribution in [0.2, 0.25) is 0 Å². The fourth-order valence-electron chi connectivity index (χ4n) is 1.74. The Kier molecular flexibility index (Phi) is 2.89. The van der Waals surface area contributed by atoms with Gasteiger partial charge in [0.15, 0.2) is 0 Å². The monoisotopic (exact) mass is 193 g/mol. The lowest BCUT2D eigenvalue weighted by Crippen LogP contribution is -2.18. The summed E-state index contributed by atoms with van der Waals surface area (Å²) < 4.78 is 0. The highest BCUT2D eigenvalue weighted by Gasteiger charge is 2.18. The van der Waals surface area contributed by atoms with E-state index in [1.54, 1.807) is 0 Å². The van der Waals surface area contributed by atoms with Crippen LogP contribution in [0.15, 0.2) is 28.1 Å². The number of fused-ring (bicyclic) bond motifs is 1. The number of hydrogen-bond acceptors (Lipinski definition) is 2. The molecule has 70 valence electrons. The first kappa shape index (κ1) is 9.07. The highest BCUT2D eigenvalue weighted by molar-refractivity contribution is 8.04. The molecule has 1 heterocycles. The number of thioether (sulfide) groups is 1.